The molecular formula is C12H22N2O2. The van der Waals surface area contributed by atoms with Crippen molar-refractivity contribution >= 4 is 5.91 Å². The molecule has 4 nitrogen and oxygen atoms in total. The predicted molar refractivity (Wildman–Crippen MR) is 62.1 cm³/mol. The molecule has 0 bridgehead atoms. The summed E-state index contributed by atoms with van der Waals surface area (Å²) in [7, 11) is 1.85. The van der Waals surface area contributed by atoms with Crippen molar-refractivity contribution in [1.29, 1.82) is 0 Å². The van der Waals surface area contributed by atoms with Crippen molar-refractivity contribution in [2.45, 2.75) is 56.7 Å². The lowest BCUT2D eigenvalue weighted by molar-refractivity contribution is -0.132. The molecule has 0 aromatic heterocycles. The van der Waals surface area contributed by atoms with Crippen molar-refractivity contribution in [3.8, 4) is 0 Å². The summed E-state index contributed by atoms with van der Waals surface area (Å²) in [6, 6.07) is 0.598. The van der Waals surface area contributed by atoms with Crippen molar-refractivity contribution in [2.75, 3.05) is 13.6 Å². The number of aliphatic hydroxyl groups excluding tert-OH is 1. The second-order valence-corrected chi connectivity index (χ2v) is 5.13. The normalized spacial score (nSPS) is 36.5. The van der Waals surface area contributed by atoms with Gasteiger partial charge in [0.25, 0.3) is 0 Å². The topological polar surface area (TPSA) is 52.6 Å². The molecule has 1 aliphatic heterocycles. The van der Waals surface area contributed by atoms with E-state index < -0.39 is 0 Å². The smallest absolute Gasteiger partial charge is 0.222 e. The highest BCUT2D eigenvalue weighted by atomic mass is 16.3. The van der Waals surface area contributed by atoms with E-state index in [0.29, 0.717) is 12.5 Å². The van der Waals surface area contributed by atoms with Gasteiger partial charge >= 0.3 is 0 Å². The third-order valence-corrected chi connectivity index (χ3v) is 3.81. The Labute approximate surface area is 97.0 Å². The molecule has 1 heterocycles. The average Bonchev–Trinajstić information content (AvgIpc) is 2.27. The molecule has 2 rings (SSSR count). The third-order valence-electron chi connectivity index (χ3n) is 3.81. The molecule has 1 saturated carbocycles. The summed E-state index contributed by atoms with van der Waals surface area (Å²) in [5.74, 6) is 0.238. The van der Waals surface area contributed by atoms with E-state index in [1.54, 1.807) is 4.90 Å². The number of likely N-dealkylation sites (N-methyl/N-ethyl adjacent to an activating group) is 1. The number of nitrogens with one attached hydrogen (secondary N) is 1. The third kappa shape index (κ3) is 2.74. The number of likely N-dealkylation sites (tertiary alicyclic amines) is 1. The number of nitrogens with zero attached hydrogens (tertiary/aromatic N) is 1. The van der Waals surface area contributed by atoms with Crippen LogP contribution in [-0.4, -0.2) is 47.7 Å². The average molecular weight is 226 g/mol. The van der Waals surface area contributed by atoms with Crippen LogP contribution in [0.5, 0.6) is 0 Å². The van der Waals surface area contributed by atoms with Crippen molar-refractivity contribution in [2.24, 2.45) is 0 Å². The van der Waals surface area contributed by atoms with Gasteiger partial charge < -0.3 is 15.3 Å². The van der Waals surface area contributed by atoms with Gasteiger partial charge in [-0.3, -0.25) is 4.79 Å². The second-order valence-electron chi connectivity index (χ2n) is 5.13. The van der Waals surface area contributed by atoms with Gasteiger partial charge in [0, 0.05) is 32.1 Å². The zero-order valence-electron chi connectivity index (χ0n) is 9.98. The minimum Gasteiger partial charge on any atom is -0.392 e. The van der Waals surface area contributed by atoms with Gasteiger partial charge in [0.05, 0.1) is 6.10 Å². The maximum atomic E-state index is 11.3. The Kier molecular flexibility index (Phi) is 3.82. The number of carbonyl (C=O) groups is 1. The molecule has 1 aliphatic carbocycles. The number of aliphatic hydroxyl groups is 1. The summed E-state index contributed by atoms with van der Waals surface area (Å²) in [6.45, 7) is 0.780. The van der Waals surface area contributed by atoms with Crippen LogP contribution in [0.15, 0.2) is 0 Å². The Bertz CT molecular complexity index is 257. The standard InChI is InChI=1S/C12H22N2O2/c1-14-8-9(6-7-12(14)16)13-10-4-2-3-5-11(10)15/h9-11,13,15H,2-8H2,1H3/t9?,10-,11-/m0/s1. The van der Waals surface area contributed by atoms with E-state index in [1.807, 2.05) is 7.05 Å². The summed E-state index contributed by atoms with van der Waals surface area (Å²) in [5.41, 5.74) is 0. The monoisotopic (exact) mass is 226 g/mol. The molecule has 16 heavy (non-hydrogen) atoms. The second kappa shape index (κ2) is 5.15. The summed E-state index contributed by atoms with van der Waals surface area (Å²) >= 11 is 0. The van der Waals surface area contributed by atoms with E-state index in [2.05, 4.69) is 5.32 Å². The molecule has 0 spiro atoms. The molecule has 1 unspecified atom stereocenters. The molecule has 4 heteroatoms. The number of piperidine rings is 1. The summed E-state index contributed by atoms with van der Waals surface area (Å²) in [5, 5.41) is 13.4. The summed E-state index contributed by atoms with van der Waals surface area (Å²) < 4.78 is 0. The number of carbonyl (C=O) groups excluding carboxylic acids is 1. The van der Waals surface area contributed by atoms with Crippen LogP contribution in [0.4, 0.5) is 0 Å². The van der Waals surface area contributed by atoms with E-state index in [9.17, 15) is 9.90 Å². The zero-order valence-corrected chi connectivity index (χ0v) is 9.98. The van der Waals surface area contributed by atoms with Gasteiger partial charge in [0.1, 0.15) is 0 Å². The van der Waals surface area contributed by atoms with Crippen LogP contribution in [0.25, 0.3) is 0 Å². The lowest BCUT2D eigenvalue weighted by Gasteiger charge is -2.36. The molecule has 3 atom stereocenters. The maximum absolute atomic E-state index is 11.3. The number of hydrogen-bond donors (Lipinski definition) is 2. The Hall–Kier alpha value is -0.610. The first-order chi connectivity index (χ1) is 7.66. The Morgan fingerprint density at radius 3 is 2.75 bits per heavy atom. The minimum atomic E-state index is -0.198. The first kappa shape index (κ1) is 11.9. The maximum Gasteiger partial charge on any atom is 0.222 e. The highest BCUT2D eigenvalue weighted by Crippen LogP contribution is 2.20. The van der Waals surface area contributed by atoms with Gasteiger partial charge in [-0.2, -0.15) is 0 Å². The zero-order chi connectivity index (χ0) is 11.5. The van der Waals surface area contributed by atoms with Crippen LogP contribution >= 0.6 is 0 Å². The largest absolute Gasteiger partial charge is 0.392 e. The Morgan fingerprint density at radius 2 is 2.06 bits per heavy atom. The van der Waals surface area contributed by atoms with Gasteiger partial charge in [-0.25, -0.2) is 0 Å². The molecule has 92 valence electrons. The summed E-state index contributed by atoms with van der Waals surface area (Å²) in [4.78, 5) is 13.1. The lowest BCUT2D eigenvalue weighted by Crippen LogP contribution is -2.53. The van der Waals surface area contributed by atoms with Gasteiger partial charge in [-0.1, -0.05) is 12.8 Å². The van der Waals surface area contributed by atoms with Crippen LogP contribution in [0, 0.1) is 0 Å². The van der Waals surface area contributed by atoms with Crippen LogP contribution in [0.2, 0.25) is 0 Å². The van der Waals surface area contributed by atoms with Crippen molar-refractivity contribution in [1.82, 2.24) is 10.2 Å². The Balaban J connectivity index is 1.82. The molecule has 0 aromatic rings. The number of rotatable bonds is 2. The quantitative estimate of drug-likeness (QED) is 0.721. The molecule has 2 fully saturated rings. The van der Waals surface area contributed by atoms with E-state index in [4.69, 9.17) is 0 Å². The number of amides is 1. The molecule has 2 N–H and O–H groups in total. The van der Waals surface area contributed by atoms with Gasteiger partial charge in [0.2, 0.25) is 5.91 Å². The van der Waals surface area contributed by atoms with Crippen molar-refractivity contribution in [3.63, 3.8) is 0 Å². The van der Waals surface area contributed by atoms with Gasteiger partial charge in [0.15, 0.2) is 0 Å². The van der Waals surface area contributed by atoms with E-state index in [-0.39, 0.29) is 18.1 Å². The lowest BCUT2D eigenvalue weighted by atomic mass is 9.91. The molecule has 2 aliphatic rings. The predicted octanol–water partition coefficient (Wildman–Crippen LogP) is 0.500. The first-order valence-electron chi connectivity index (χ1n) is 6.35. The van der Waals surface area contributed by atoms with E-state index >= 15 is 0 Å². The van der Waals surface area contributed by atoms with Gasteiger partial charge in [-0.05, 0) is 19.3 Å². The molecule has 1 amide bonds. The van der Waals surface area contributed by atoms with Gasteiger partial charge in [-0.15, -0.1) is 0 Å². The Morgan fingerprint density at radius 1 is 1.31 bits per heavy atom. The van der Waals surface area contributed by atoms with Crippen LogP contribution in [0.3, 0.4) is 0 Å². The molecule has 0 aromatic carbocycles. The first-order valence-corrected chi connectivity index (χ1v) is 6.35. The summed E-state index contributed by atoms with van der Waals surface area (Å²) in [6.07, 6.45) is 5.67. The van der Waals surface area contributed by atoms with Crippen molar-refractivity contribution < 1.29 is 9.90 Å². The fraction of sp³-hybridized carbons (Fsp3) is 0.917. The fourth-order valence-corrected chi connectivity index (χ4v) is 2.76. The highest BCUT2D eigenvalue weighted by Gasteiger charge is 2.28. The van der Waals surface area contributed by atoms with Crippen LogP contribution in [0.1, 0.15) is 38.5 Å². The van der Waals surface area contributed by atoms with Crippen molar-refractivity contribution in [3.05, 3.63) is 0 Å². The van der Waals surface area contributed by atoms with E-state index in [1.165, 1.54) is 6.42 Å². The molecule has 1 saturated heterocycles. The minimum absolute atomic E-state index is 0.198. The van der Waals surface area contributed by atoms with Crippen LogP contribution in [-0.2, 0) is 4.79 Å². The molecular weight excluding hydrogens is 204 g/mol. The fourth-order valence-electron chi connectivity index (χ4n) is 2.76. The van der Waals surface area contributed by atoms with E-state index in [0.717, 1.165) is 32.2 Å². The SMILES string of the molecule is CN1CC(N[C@H]2CCCC[C@@H]2O)CCC1=O. The number of hydrogen-bond acceptors (Lipinski definition) is 3. The molecule has 0 radical (unpaired) electrons. The van der Waals surface area contributed by atoms with Crippen LogP contribution < -0.4 is 5.32 Å². The highest BCUT2D eigenvalue weighted by molar-refractivity contribution is 5.76.